The van der Waals surface area contributed by atoms with Gasteiger partial charge in [-0.3, -0.25) is 9.59 Å². The molecule has 0 aliphatic heterocycles. The van der Waals surface area contributed by atoms with Crippen LogP contribution in [-0.2, 0) is 21.2 Å². The second-order valence-electron chi connectivity index (χ2n) is 5.54. The van der Waals surface area contributed by atoms with Gasteiger partial charge in [0.15, 0.2) is 5.03 Å². The Morgan fingerprint density at radius 2 is 1.67 bits per heavy atom. The molecule has 9 heteroatoms. The molecule has 0 atom stereocenters. The molecule has 1 aromatic heterocycles. The number of amides is 1. The number of nitrogens with one attached hydrogen (secondary N) is 1. The van der Waals surface area contributed by atoms with Crippen LogP contribution in [0.2, 0.25) is 0 Å². The molecule has 27 heavy (non-hydrogen) atoms. The van der Waals surface area contributed by atoms with Gasteiger partial charge in [0.1, 0.15) is 12.4 Å². The lowest BCUT2D eigenvalue weighted by molar-refractivity contribution is -0.117. The van der Waals surface area contributed by atoms with E-state index in [1.165, 1.54) is 36.4 Å². The second-order valence-corrected chi connectivity index (χ2v) is 7.44. The lowest BCUT2D eigenvalue weighted by Gasteiger charge is -2.09. The summed E-state index contributed by atoms with van der Waals surface area (Å²) >= 11 is 0. The predicted octanol–water partition coefficient (Wildman–Crippen LogP) is 1.85. The van der Waals surface area contributed by atoms with Crippen molar-refractivity contribution in [2.45, 2.75) is 16.5 Å². The van der Waals surface area contributed by atoms with E-state index in [0.29, 0.717) is 5.69 Å². The molecular weight excluding hydrogens is 373 g/mol. The van der Waals surface area contributed by atoms with Gasteiger partial charge in [-0.2, -0.15) is 5.10 Å². The molecule has 0 fully saturated rings. The zero-order valence-electron chi connectivity index (χ0n) is 13.9. The third kappa shape index (κ3) is 4.26. The number of hydrogen-bond acceptors (Lipinski definition) is 5. The van der Waals surface area contributed by atoms with Crippen molar-refractivity contribution >= 4 is 21.4 Å². The average Bonchev–Trinajstić information content (AvgIpc) is 2.66. The van der Waals surface area contributed by atoms with Gasteiger partial charge in [-0.15, -0.1) is 0 Å². The molecule has 0 saturated carbocycles. The third-order valence-corrected chi connectivity index (χ3v) is 5.25. The van der Waals surface area contributed by atoms with Crippen molar-refractivity contribution in [1.29, 1.82) is 0 Å². The van der Waals surface area contributed by atoms with E-state index < -0.39 is 33.7 Å². The Morgan fingerprint density at radius 3 is 2.33 bits per heavy atom. The third-order valence-electron chi connectivity index (χ3n) is 3.59. The maximum Gasteiger partial charge on any atom is 0.267 e. The molecule has 0 unspecified atom stereocenters. The molecule has 0 aliphatic rings. The van der Waals surface area contributed by atoms with E-state index in [1.54, 1.807) is 18.2 Å². The molecule has 0 radical (unpaired) electrons. The topological polar surface area (TPSA) is 98.1 Å². The Hall–Kier alpha value is -3.33. The van der Waals surface area contributed by atoms with Crippen molar-refractivity contribution in [2.75, 3.05) is 5.32 Å². The minimum absolute atomic E-state index is 0.0264. The molecule has 1 amide bonds. The van der Waals surface area contributed by atoms with Crippen LogP contribution >= 0.6 is 0 Å². The quantitative estimate of drug-likeness (QED) is 0.721. The Bertz CT molecular complexity index is 1130. The van der Waals surface area contributed by atoms with Crippen LogP contribution in [0.3, 0.4) is 0 Å². The Morgan fingerprint density at radius 1 is 1.00 bits per heavy atom. The number of carbonyl (C=O) groups is 1. The first kappa shape index (κ1) is 18.5. The summed E-state index contributed by atoms with van der Waals surface area (Å²) in [4.78, 5) is 24.1. The molecule has 0 saturated heterocycles. The van der Waals surface area contributed by atoms with Crippen molar-refractivity contribution in [3.63, 3.8) is 0 Å². The minimum atomic E-state index is -3.92. The molecule has 0 aliphatic carbocycles. The highest BCUT2D eigenvalue weighted by atomic mass is 32.2. The molecule has 1 N–H and O–H groups in total. The summed E-state index contributed by atoms with van der Waals surface area (Å²) in [5.74, 6) is -1.06. The molecular formula is C18H14FN3O4S. The van der Waals surface area contributed by atoms with Gasteiger partial charge in [0, 0.05) is 11.8 Å². The number of rotatable bonds is 5. The summed E-state index contributed by atoms with van der Waals surface area (Å²) in [5, 5.41) is 5.95. The van der Waals surface area contributed by atoms with Crippen molar-refractivity contribution in [1.82, 2.24) is 9.78 Å². The number of nitrogens with zero attached hydrogens (tertiary/aromatic N) is 2. The standard InChI is InChI=1S/C18H14FN3O4S/c19-13-6-8-14(9-7-13)20-16(23)12-22-18(24)11-10-17(21-22)27(25,26)15-4-2-1-3-5-15/h1-11H,12H2,(H,20,23). The Labute approximate surface area is 154 Å². The van der Waals surface area contributed by atoms with E-state index in [9.17, 15) is 22.4 Å². The summed E-state index contributed by atoms with van der Waals surface area (Å²) < 4.78 is 38.8. The number of sulfone groups is 1. The van der Waals surface area contributed by atoms with Crippen LogP contribution in [0.1, 0.15) is 0 Å². The number of anilines is 1. The largest absolute Gasteiger partial charge is 0.324 e. The van der Waals surface area contributed by atoms with Crippen LogP contribution in [-0.4, -0.2) is 24.1 Å². The zero-order chi connectivity index (χ0) is 19.4. The van der Waals surface area contributed by atoms with E-state index in [4.69, 9.17) is 0 Å². The highest BCUT2D eigenvalue weighted by Crippen LogP contribution is 2.17. The van der Waals surface area contributed by atoms with E-state index in [1.807, 2.05) is 0 Å². The van der Waals surface area contributed by atoms with Gasteiger partial charge in [-0.05, 0) is 42.5 Å². The van der Waals surface area contributed by atoms with Crippen LogP contribution < -0.4 is 10.9 Å². The van der Waals surface area contributed by atoms with Crippen LogP contribution in [0.4, 0.5) is 10.1 Å². The normalized spacial score (nSPS) is 11.1. The highest BCUT2D eigenvalue weighted by molar-refractivity contribution is 7.91. The van der Waals surface area contributed by atoms with Gasteiger partial charge in [0.25, 0.3) is 5.56 Å². The van der Waals surface area contributed by atoms with Crippen LogP contribution in [0.5, 0.6) is 0 Å². The number of benzene rings is 2. The average molecular weight is 387 g/mol. The zero-order valence-corrected chi connectivity index (χ0v) is 14.7. The molecule has 0 spiro atoms. The van der Waals surface area contributed by atoms with Crippen LogP contribution in [0, 0.1) is 5.82 Å². The monoisotopic (exact) mass is 387 g/mol. The molecule has 138 valence electrons. The van der Waals surface area contributed by atoms with E-state index in [-0.39, 0.29) is 9.92 Å². The molecule has 0 bridgehead atoms. The van der Waals surface area contributed by atoms with Gasteiger partial charge in [-0.1, -0.05) is 18.2 Å². The first-order valence-electron chi connectivity index (χ1n) is 7.80. The highest BCUT2D eigenvalue weighted by Gasteiger charge is 2.20. The van der Waals surface area contributed by atoms with Crippen LogP contribution in [0.25, 0.3) is 0 Å². The van der Waals surface area contributed by atoms with Gasteiger partial charge < -0.3 is 5.32 Å². The summed E-state index contributed by atoms with van der Waals surface area (Å²) in [6.45, 7) is -0.492. The number of aromatic nitrogens is 2. The lowest BCUT2D eigenvalue weighted by Crippen LogP contribution is -2.30. The van der Waals surface area contributed by atoms with E-state index in [0.717, 1.165) is 16.8 Å². The Balaban J connectivity index is 1.84. The summed E-state index contributed by atoms with van der Waals surface area (Å²) in [7, 11) is -3.92. The predicted molar refractivity (Wildman–Crippen MR) is 95.4 cm³/mol. The molecule has 3 rings (SSSR count). The summed E-state index contributed by atoms with van der Waals surface area (Å²) in [6.07, 6.45) is 0. The first-order chi connectivity index (χ1) is 12.9. The molecule has 7 nitrogen and oxygen atoms in total. The first-order valence-corrected chi connectivity index (χ1v) is 9.28. The fourth-order valence-corrected chi connectivity index (χ4v) is 3.49. The SMILES string of the molecule is O=C(Cn1nc(S(=O)(=O)c2ccccc2)ccc1=O)Nc1ccc(F)cc1. The summed E-state index contributed by atoms with van der Waals surface area (Å²) in [6, 6.07) is 14.8. The Kier molecular flexibility index (Phi) is 5.13. The van der Waals surface area contributed by atoms with E-state index >= 15 is 0 Å². The van der Waals surface area contributed by atoms with Gasteiger partial charge in [-0.25, -0.2) is 17.5 Å². The molecule has 3 aromatic rings. The summed E-state index contributed by atoms with van der Waals surface area (Å²) in [5.41, 5.74) is -0.293. The van der Waals surface area contributed by atoms with Gasteiger partial charge >= 0.3 is 0 Å². The van der Waals surface area contributed by atoms with Crippen molar-refractivity contribution in [2.24, 2.45) is 0 Å². The van der Waals surface area contributed by atoms with Crippen molar-refractivity contribution in [3.05, 3.63) is 82.9 Å². The van der Waals surface area contributed by atoms with Gasteiger partial charge in [0.05, 0.1) is 4.90 Å². The second kappa shape index (κ2) is 7.50. The molecule has 1 heterocycles. The van der Waals surface area contributed by atoms with Crippen LogP contribution in [0.15, 0.2) is 81.4 Å². The minimum Gasteiger partial charge on any atom is -0.324 e. The molecule has 2 aromatic carbocycles. The van der Waals surface area contributed by atoms with E-state index in [2.05, 4.69) is 10.4 Å². The fourth-order valence-electron chi connectivity index (χ4n) is 2.28. The maximum atomic E-state index is 12.9. The van der Waals surface area contributed by atoms with Gasteiger partial charge in [0.2, 0.25) is 15.7 Å². The number of halogens is 1. The van der Waals surface area contributed by atoms with Crippen molar-refractivity contribution < 1.29 is 17.6 Å². The lowest BCUT2D eigenvalue weighted by atomic mass is 10.3. The number of hydrogen-bond donors (Lipinski definition) is 1. The maximum absolute atomic E-state index is 12.9. The number of carbonyl (C=O) groups excluding carboxylic acids is 1. The fraction of sp³-hybridized carbons (Fsp3) is 0.0556. The van der Waals surface area contributed by atoms with Crippen molar-refractivity contribution in [3.8, 4) is 0 Å². The smallest absolute Gasteiger partial charge is 0.267 e.